The minimum Gasteiger partial charge on any atom is -0.356 e. The van der Waals surface area contributed by atoms with Gasteiger partial charge in [-0.1, -0.05) is 6.42 Å². The van der Waals surface area contributed by atoms with E-state index in [-0.39, 0.29) is 5.91 Å². The van der Waals surface area contributed by atoms with E-state index in [0.29, 0.717) is 32.1 Å². The van der Waals surface area contributed by atoms with Crippen molar-refractivity contribution < 1.29 is 4.79 Å². The van der Waals surface area contributed by atoms with E-state index in [1.54, 1.807) is 19.4 Å². The van der Waals surface area contributed by atoms with Crippen molar-refractivity contribution in [2.24, 2.45) is 4.99 Å². The zero-order valence-electron chi connectivity index (χ0n) is 19.1. The first kappa shape index (κ1) is 23.2. The molecule has 0 aliphatic carbocycles. The lowest BCUT2D eigenvalue weighted by molar-refractivity contribution is -0.131. The molecule has 0 bridgehead atoms. The number of aliphatic imine (C=N–C) groups is 1. The number of aromatic nitrogens is 2. The van der Waals surface area contributed by atoms with Crippen LogP contribution in [0.2, 0.25) is 0 Å². The molecule has 2 N–H and O–H groups in total. The van der Waals surface area contributed by atoms with Crippen LogP contribution >= 0.6 is 0 Å². The normalized spacial score (nSPS) is 20.6. The van der Waals surface area contributed by atoms with Crippen LogP contribution in [-0.2, 0) is 4.79 Å². The molecule has 2 saturated heterocycles. The molecule has 0 aromatic carbocycles. The van der Waals surface area contributed by atoms with Crippen LogP contribution in [0.25, 0.3) is 0 Å². The summed E-state index contributed by atoms with van der Waals surface area (Å²) >= 11 is 0. The number of nitrogens with zero attached hydrogens (tertiary/aromatic N) is 6. The highest BCUT2D eigenvalue weighted by molar-refractivity contribution is 5.81. The molecule has 172 valence electrons. The van der Waals surface area contributed by atoms with E-state index in [0.717, 1.165) is 44.5 Å². The van der Waals surface area contributed by atoms with Crippen LogP contribution in [0.1, 0.15) is 39.0 Å². The van der Waals surface area contributed by atoms with E-state index in [1.165, 1.54) is 25.8 Å². The first-order valence-electron chi connectivity index (χ1n) is 11.7. The Bertz CT molecular complexity index is 690. The van der Waals surface area contributed by atoms with Crippen molar-refractivity contribution in [3.63, 3.8) is 0 Å². The number of carbonyl (C=O) groups is 1. The van der Waals surface area contributed by atoms with Gasteiger partial charge in [0.1, 0.15) is 0 Å². The Morgan fingerprint density at radius 1 is 1.10 bits per heavy atom. The van der Waals surface area contributed by atoms with E-state index in [4.69, 9.17) is 0 Å². The number of anilines is 1. The molecule has 9 nitrogen and oxygen atoms in total. The van der Waals surface area contributed by atoms with Gasteiger partial charge in [0.05, 0.1) is 0 Å². The lowest BCUT2D eigenvalue weighted by Crippen LogP contribution is -2.50. The van der Waals surface area contributed by atoms with Gasteiger partial charge in [0.25, 0.3) is 0 Å². The summed E-state index contributed by atoms with van der Waals surface area (Å²) in [6.07, 6.45) is 9.07. The van der Waals surface area contributed by atoms with Crippen LogP contribution in [0.4, 0.5) is 5.95 Å². The van der Waals surface area contributed by atoms with Crippen LogP contribution in [0.5, 0.6) is 0 Å². The molecule has 0 radical (unpaired) electrons. The third kappa shape index (κ3) is 7.34. The second kappa shape index (κ2) is 12.4. The van der Waals surface area contributed by atoms with Crippen LogP contribution in [-0.4, -0.2) is 97.1 Å². The summed E-state index contributed by atoms with van der Waals surface area (Å²) in [6.45, 7) is 9.11. The Balaban J connectivity index is 1.27. The van der Waals surface area contributed by atoms with Crippen molar-refractivity contribution in [1.29, 1.82) is 0 Å². The molecule has 31 heavy (non-hydrogen) atoms. The maximum Gasteiger partial charge on any atom is 0.225 e. The Morgan fingerprint density at radius 2 is 1.84 bits per heavy atom. The minimum absolute atomic E-state index is 0.177. The fraction of sp³-hybridized carbons (Fsp3) is 0.727. The molecule has 0 spiro atoms. The zero-order valence-corrected chi connectivity index (χ0v) is 19.1. The lowest BCUT2D eigenvalue weighted by atomic mass is 10.0. The molecule has 9 heteroatoms. The molecule has 3 heterocycles. The van der Waals surface area contributed by atoms with E-state index in [2.05, 4.69) is 42.3 Å². The van der Waals surface area contributed by atoms with Gasteiger partial charge < -0.3 is 25.3 Å². The van der Waals surface area contributed by atoms with Crippen molar-refractivity contribution in [3.05, 3.63) is 18.5 Å². The molecule has 1 aromatic heterocycles. The second-order valence-corrected chi connectivity index (χ2v) is 8.33. The highest BCUT2D eigenvalue weighted by Gasteiger charge is 2.22. The number of carbonyl (C=O) groups excluding carboxylic acids is 1. The first-order valence-corrected chi connectivity index (χ1v) is 11.7. The third-order valence-corrected chi connectivity index (χ3v) is 6.18. The van der Waals surface area contributed by atoms with Crippen molar-refractivity contribution in [3.8, 4) is 0 Å². The molecule has 1 atom stereocenters. The number of hydrogen-bond donors (Lipinski definition) is 2. The van der Waals surface area contributed by atoms with Crippen LogP contribution in [0.15, 0.2) is 23.5 Å². The molecule has 2 aliphatic heterocycles. The van der Waals surface area contributed by atoms with Crippen molar-refractivity contribution in [1.82, 2.24) is 30.4 Å². The number of amides is 1. The second-order valence-electron chi connectivity index (χ2n) is 8.33. The van der Waals surface area contributed by atoms with Gasteiger partial charge in [0.2, 0.25) is 11.9 Å². The van der Waals surface area contributed by atoms with Crippen LogP contribution < -0.4 is 15.5 Å². The van der Waals surface area contributed by atoms with E-state index in [9.17, 15) is 4.79 Å². The van der Waals surface area contributed by atoms with E-state index in [1.807, 2.05) is 11.0 Å². The fourth-order valence-electron chi connectivity index (χ4n) is 4.26. The molecular weight excluding hydrogens is 392 g/mol. The number of piperidine rings is 1. The van der Waals surface area contributed by atoms with Crippen molar-refractivity contribution >= 4 is 17.8 Å². The monoisotopic (exact) mass is 430 g/mol. The maximum atomic E-state index is 12.5. The number of hydrogen-bond acceptors (Lipinski definition) is 6. The highest BCUT2D eigenvalue weighted by atomic mass is 16.2. The molecule has 3 rings (SSSR count). The molecular formula is C22H38N8O. The summed E-state index contributed by atoms with van der Waals surface area (Å²) in [6, 6.07) is 2.52. The van der Waals surface area contributed by atoms with Crippen molar-refractivity contribution in [2.45, 2.75) is 45.1 Å². The third-order valence-electron chi connectivity index (χ3n) is 6.18. The summed E-state index contributed by atoms with van der Waals surface area (Å²) < 4.78 is 0. The first-order chi connectivity index (χ1) is 15.2. The molecule has 2 aliphatic rings. The van der Waals surface area contributed by atoms with Gasteiger partial charge in [-0.2, -0.15) is 0 Å². The zero-order chi connectivity index (χ0) is 21.9. The Kier molecular flexibility index (Phi) is 9.33. The fourth-order valence-corrected chi connectivity index (χ4v) is 4.26. The minimum atomic E-state index is 0.177. The van der Waals surface area contributed by atoms with Gasteiger partial charge in [-0.05, 0) is 38.8 Å². The van der Waals surface area contributed by atoms with E-state index < -0.39 is 0 Å². The summed E-state index contributed by atoms with van der Waals surface area (Å²) in [4.78, 5) is 32.0. The van der Waals surface area contributed by atoms with Gasteiger partial charge in [-0.25, -0.2) is 9.97 Å². The van der Waals surface area contributed by atoms with Crippen molar-refractivity contribution in [2.75, 3.05) is 64.3 Å². The van der Waals surface area contributed by atoms with Gasteiger partial charge in [-0.15, -0.1) is 0 Å². The maximum absolute atomic E-state index is 12.5. The number of guanidine groups is 1. The summed E-state index contributed by atoms with van der Waals surface area (Å²) in [5, 5.41) is 6.64. The lowest BCUT2D eigenvalue weighted by Gasteiger charge is -2.34. The Hall–Kier alpha value is -2.42. The summed E-state index contributed by atoms with van der Waals surface area (Å²) in [7, 11) is 1.77. The van der Waals surface area contributed by atoms with E-state index >= 15 is 0 Å². The van der Waals surface area contributed by atoms with Crippen LogP contribution in [0.3, 0.4) is 0 Å². The summed E-state index contributed by atoms with van der Waals surface area (Å²) in [5.41, 5.74) is 0. The smallest absolute Gasteiger partial charge is 0.225 e. The molecule has 1 amide bonds. The molecule has 1 aromatic rings. The molecule has 0 saturated carbocycles. The molecule has 2 fully saturated rings. The molecule has 1 unspecified atom stereocenters. The average molecular weight is 431 g/mol. The Morgan fingerprint density at radius 3 is 2.55 bits per heavy atom. The Labute approximate surface area is 186 Å². The number of piperazine rings is 1. The quantitative estimate of drug-likeness (QED) is 0.361. The standard InChI is InChI=1S/C22H38N8O/c1-19-7-3-4-13-28(19)14-6-11-24-21(23-2)25-12-8-20(31)29-15-17-30(18-16-29)22-26-9-5-10-27-22/h5,9-10,19H,3-4,6-8,11-18H2,1-2H3,(H2,23,24,25). The largest absolute Gasteiger partial charge is 0.356 e. The highest BCUT2D eigenvalue weighted by Crippen LogP contribution is 2.16. The predicted octanol–water partition coefficient (Wildman–Crippen LogP) is 0.945. The average Bonchev–Trinajstić information content (AvgIpc) is 2.82. The number of likely N-dealkylation sites (tertiary alicyclic amines) is 1. The predicted molar refractivity (Wildman–Crippen MR) is 124 cm³/mol. The number of rotatable bonds is 8. The van der Waals surface area contributed by atoms with Gasteiger partial charge in [0.15, 0.2) is 5.96 Å². The van der Waals surface area contributed by atoms with Crippen LogP contribution in [0, 0.1) is 0 Å². The van der Waals surface area contributed by atoms with Gasteiger partial charge in [0, 0.05) is 77.7 Å². The number of nitrogens with one attached hydrogen (secondary N) is 2. The van der Waals surface area contributed by atoms with Gasteiger partial charge in [-0.3, -0.25) is 9.79 Å². The van der Waals surface area contributed by atoms with Gasteiger partial charge >= 0.3 is 0 Å². The SMILES string of the molecule is CN=C(NCCCN1CCCCC1C)NCCC(=O)N1CCN(c2ncccn2)CC1. The summed E-state index contributed by atoms with van der Waals surface area (Å²) in [5.74, 6) is 1.68. The topological polar surface area (TPSA) is 89.0 Å².